The number of aromatic nitrogens is 2. The van der Waals surface area contributed by atoms with Crippen LogP contribution in [0.3, 0.4) is 0 Å². The molecule has 4 rings (SSSR count). The third kappa shape index (κ3) is 3.94. The van der Waals surface area contributed by atoms with E-state index in [1.807, 2.05) is 26.0 Å². The SMILES string of the molecule is [2H]C([2H])(C)CN[C@H]1CC([2H])([2H])c2c(-c3noc(-c4ccc(OC(C)C)c([N+]#[C-])c4)n3)cccc21. The normalized spacial score (nSPS) is 19.4. The van der Waals surface area contributed by atoms with Gasteiger partial charge >= 0.3 is 0 Å². The predicted octanol–water partition coefficient (Wildman–Crippen LogP) is 5.73. The first-order valence-electron chi connectivity index (χ1n) is 11.9. The molecule has 0 radical (unpaired) electrons. The molecule has 2 aromatic carbocycles. The van der Waals surface area contributed by atoms with E-state index in [1.54, 1.807) is 24.3 Å². The first-order valence-corrected chi connectivity index (χ1v) is 9.88. The van der Waals surface area contributed by atoms with Crippen molar-refractivity contribution in [3.05, 3.63) is 58.9 Å². The molecular formula is C24H26N4O2. The summed E-state index contributed by atoms with van der Waals surface area (Å²) in [5, 5.41) is 7.26. The molecule has 1 aromatic heterocycles. The summed E-state index contributed by atoms with van der Waals surface area (Å²) in [5.41, 5.74) is 2.70. The number of hydrogen-bond donors (Lipinski definition) is 1. The van der Waals surface area contributed by atoms with E-state index < -0.39 is 12.7 Å². The molecule has 0 saturated heterocycles. The van der Waals surface area contributed by atoms with Gasteiger partial charge in [0.25, 0.3) is 5.89 Å². The fraction of sp³-hybridized carbons (Fsp3) is 0.375. The second-order valence-electron chi connectivity index (χ2n) is 7.32. The third-order valence-corrected chi connectivity index (χ3v) is 4.84. The van der Waals surface area contributed by atoms with E-state index in [1.165, 1.54) is 6.92 Å². The molecule has 1 aliphatic carbocycles. The van der Waals surface area contributed by atoms with Crippen LogP contribution in [0.5, 0.6) is 5.75 Å². The van der Waals surface area contributed by atoms with Crippen molar-refractivity contribution in [1.82, 2.24) is 15.5 Å². The number of rotatable bonds is 7. The van der Waals surface area contributed by atoms with Gasteiger partial charge in [0.1, 0.15) is 5.75 Å². The molecule has 0 saturated carbocycles. The number of hydrogen-bond acceptors (Lipinski definition) is 5. The van der Waals surface area contributed by atoms with Crippen LogP contribution in [0.15, 0.2) is 40.9 Å². The average molecular weight is 407 g/mol. The van der Waals surface area contributed by atoms with Crippen LogP contribution < -0.4 is 10.1 Å². The predicted molar refractivity (Wildman–Crippen MR) is 117 cm³/mol. The van der Waals surface area contributed by atoms with E-state index in [4.69, 9.17) is 21.3 Å². The quantitative estimate of drug-likeness (QED) is 0.508. The third-order valence-electron chi connectivity index (χ3n) is 4.84. The molecule has 6 heteroatoms. The maximum absolute atomic E-state index is 8.63. The Kier molecular flexibility index (Phi) is 4.53. The minimum Gasteiger partial charge on any atom is -0.502 e. The molecule has 6 nitrogen and oxygen atoms in total. The highest BCUT2D eigenvalue weighted by molar-refractivity contribution is 5.70. The molecule has 0 spiro atoms. The summed E-state index contributed by atoms with van der Waals surface area (Å²) >= 11 is 0. The standard InChI is InChI=1S/C24H26N4O2/c1-5-13-26-20-11-10-17-18(20)7-6-8-19(17)23-27-24(30-28-23)16-9-12-22(29-15(2)3)21(14-16)25-4/h6-9,12,14-15,20,26H,5,10-11,13H2,1-3H3/t20-/m0/s1/i5D2,10D2. The summed E-state index contributed by atoms with van der Waals surface area (Å²) in [6, 6.07) is 10.2. The van der Waals surface area contributed by atoms with E-state index in [2.05, 4.69) is 20.3 Å². The van der Waals surface area contributed by atoms with Crippen LogP contribution in [0.4, 0.5) is 5.69 Å². The summed E-state index contributed by atoms with van der Waals surface area (Å²) < 4.78 is 43.9. The maximum atomic E-state index is 8.63. The summed E-state index contributed by atoms with van der Waals surface area (Å²) in [6.07, 6.45) is -2.93. The van der Waals surface area contributed by atoms with Crippen molar-refractivity contribution in [3.8, 4) is 28.6 Å². The van der Waals surface area contributed by atoms with E-state index in [9.17, 15) is 0 Å². The van der Waals surface area contributed by atoms with Gasteiger partial charge in [-0.3, -0.25) is 0 Å². The van der Waals surface area contributed by atoms with Crippen molar-refractivity contribution in [1.29, 1.82) is 0 Å². The van der Waals surface area contributed by atoms with Crippen LogP contribution in [0, 0.1) is 6.57 Å². The number of nitrogens with zero attached hydrogens (tertiary/aromatic N) is 3. The Morgan fingerprint density at radius 3 is 3.03 bits per heavy atom. The Morgan fingerprint density at radius 1 is 1.40 bits per heavy atom. The second kappa shape index (κ2) is 8.68. The Balaban J connectivity index is 1.68. The van der Waals surface area contributed by atoms with Crippen LogP contribution in [-0.4, -0.2) is 22.8 Å². The van der Waals surface area contributed by atoms with E-state index in [0.717, 1.165) is 5.56 Å². The summed E-state index contributed by atoms with van der Waals surface area (Å²) in [5.74, 6) is 0.965. The monoisotopic (exact) mass is 406 g/mol. The van der Waals surface area contributed by atoms with E-state index >= 15 is 0 Å². The summed E-state index contributed by atoms with van der Waals surface area (Å²) in [6.45, 7) is 12.8. The molecule has 0 amide bonds. The lowest BCUT2D eigenvalue weighted by Gasteiger charge is -2.13. The van der Waals surface area contributed by atoms with Gasteiger partial charge in [-0.25, -0.2) is 4.85 Å². The lowest BCUT2D eigenvalue weighted by atomic mass is 10.0. The highest BCUT2D eigenvalue weighted by Gasteiger charge is 2.26. The van der Waals surface area contributed by atoms with E-state index in [-0.39, 0.29) is 36.8 Å². The molecule has 1 N–H and O–H groups in total. The zero-order chi connectivity index (χ0) is 24.7. The minimum absolute atomic E-state index is 0.0640. The van der Waals surface area contributed by atoms with Crippen molar-refractivity contribution in [2.45, 2.75) is 52.1 Å². The molecule has 154 valence electrons. The van der Waals surface area contributed by atoms with Crippen LogP contribution in [0.1, 0.15) is 56.2 Å². The van der Waals surface area contributed by atoms with Crippen LogP contribution in [0.2, 0.25) is 0 Å². The topological polar surface area (TPSA) is 64.5 Å². The molecule has 3 aromatic rings. The largest absolute Gasteiger partial charge is 0.502 e. The maximum Gasteiger partial charge on any atom is 0.256 e. The number of benzene rings is 2. The van der Waals surface area contributed by atoms with Gasteiger partial charge in [0.05, 0.1) is 12.7 Å². The minimum atomic E-state index is -1.64. The molecule has 0 fully saturated rings. The van der Waals surface area contributed by atoms with Crippen molar-refractivity contribution in [3.63, 3.8) is 0 Å². The number of ether oxygens (including phenoxy) is 1. The van der Waals surface area contributed by atoms with Gasteiger partial charge in [0.2, 0.25) is 11.5 Å². The summed E-state index contributed by atoms with van der Waals surface area (Å²) in [7, 11) is 0. The Bertz CT molecular complexity index is 1240. The lowest BCUT2D eigenvalue weighted by Crippen LogP contribution is -2.19. The highest BCUT2D eigenvalue weighted by Crippen LogP contribution is 2.38. The summed E-state index contributed by atoms with van der Waals surface area (Å²) in [4.78, 5) is 8.04. The van der Waals surface area contributed by atoms with Gasteiger partial charge in [-0.15, -0.1) is 0 Å². The van der Waals surface area contributed by atoms with Crippen LogP contribution in [0.25, 0.3) is 27.7 Å². The smallest absolute Gasteiger partial charge is 0.256 e. The first-order chi connectivity index (χ1) is 16.0. The van der Waals surface area contributed by atoms with Gasteiger partial charge in [-0.2, -0.15) is 4.98 Å². The van der Waals surface area contributed by atoms with Crippen molar-refractivity contribution in [2.75, 3.05) is 6.54 Å². The van der Waals surface area contributed by atoms with Crippen molar-refractivity contribution < 1.29 is 14.7 Å². The molecule has 30 heavy (non-hydrogen) atoms. The Morgan fingerprint density at radius 2 is 2.27 bits per heavy atom. The molecule has 0 unspecified atom stereocenters. The molecule has 1 aliphatic rings. The Labute approximate surface area is 182 Å². The van der Waals surface area contributed by atoms with Gasteiger partial charge < -0.3 is 14.6 Å². The molecular weight excluding hydrogens is 376 g/mol. The van der Waals surface area contributed by atoms with Gasteiger partial charge in [-0.1, -0.05) is 30.3 Å². The zero-order valence-corrected chi connectivity index (χ0v) is 17.2. The van der Waals surface area contributed by atoms with Crippen LogP contribution in [-0.2, 0) is 6.37 Å². The molecule has 0 aliphatic heterocycles. The zero-order valence-electron chi connectivity index (χ0n) is 21.2. The van der Waals surface area contributed by atoms with E-state index in [0.29, 0.717) is 28.1 Å². The fourth-order valence-electron chi connectivity index (χ4n) is 3.51. The number of nitrogens with one attached hydrogen (secondary N) is 1. The average Bonchev–Trinajstić information content (AvgIpc) is 3.35. The molecule has 1 atom stereocenters. The van der Waals surface area contributed by atoms with Gasteiger partial charge in [-0.05, 0) is 68.9 Å². The fourth-order valence-corrected chi connectivity index (χ4v) is 3.51. The van der Waals surface area contributed by atoms with Gasteiger partial charge in [0.15, 0.2) is 0 Å². The van der Waals surface area contributed by atoms with Gasteiger partial charge in [0, 0.05) is 22.7 Å². The lowest BCUT2D eigenvalue weighted by molar-refractivity contribution is 0.244. The van der Waals surface area contributed by atoms with Crippen molar-refractivity contribution >= 4 is 5.69 Å². The molecule has 1 heterocycles. The molecule has 0 bridgehead atoms. The number of fused-ring (bicyclic) bond motifs is 1. The highest BCUT2D eigenvalue weighted by atomic mass is 16.5. The van der Waals surface area contributed by atoms with Crippen molar-refractivity contribution in [2.24, 2.45) is 0 Å². The second-order valence-corrected chi connectivity index (χ2v) is 7.32. The Hall–Kier alpha value is -3.17. The first kappa shape index (κ1) is 15.6. The van der Waals surface area contributed by atoms with Crippen LogP contribution >= 0.6 is 0 Å².